The molecule has 0 aliphatic carbocycles. The maximum absolute atomic E-state index is 12.3. The molecule has 0 unspecified atom stereocenters. The van der Waals surface area contributed by atoms with E-state index in [1.54, 1.807) is 20.8 Å². The zero-order valence-electron chi connectivity index (χ0n) is 13.1. The first-order chi connectivity index (χ1) is 10.1. The van der Waals surface area contributed by atoms with Crippen LogP contribution in [0.15, 0.2) is 23.1 Å². The fraction of sp³-hybridized carbons (Fsp3) is 0.429. The van der Waals surface area contributed by atoms with Gasteiger partial charge >= 0.3 is 0 Å². The minimum Gasteiger partial charge on any atom is -0.346 e. The Bertz CT molecular complexity index is 746. The molecule has 0 fully saturated rings. The first-order valence-corrected chi connectivity index (χ1v) is 8.32. The highest BCUT2D eigenvalue weighted by molar-refractivity contribution is 7.90. The number of hydrogen-bond acceptors (Lipinski definition) is 5. The van der Waals surface area contributed by atoms with Gasteiger partial charge in [-0.15, -0.1) is 12.4 Å². The molecular weight excluding hydrogens is 342 g/mol. The second kappa shape index (κ2) is 6.46. The predicted octanol–water partition coefficient (Wildman–Crippen LogP) is 0.740. The fourth-order valence-electron chi connectivity index (χ4n) is 2.16. The molecule has 2 amide bonds. The second-order valence-corrected chi connectivity index (χ2v) is 7.56. The SMILES string of the molecule is CCN1C(=O)c2ccc(C(=O)NC(C)(C)CN)cc2S1(=O)=O.Cl. The predicted molar refractivity (Wildman–Crippen MR) is 88.2 cm³/mol. The Morgan fingerprint density at radius 3 is 2.48 bits per heavy atom. The largest absolute Gasteiger partial charge is 0.346 e. The van der Waals surface area contributed by atoms with Crippen molar-refractivity contribution in [1.29, 1.82) is 0 Å². The number of nitrogens with one attached hydrogen (secondary N) is 1. The van der Waals surface area contributed by atoms with Crippen LogP contribution in [0.3, 0.4) is 0 Å². The molecule has 1 aliphatic rings. The van der Waals surface area contributed by atoms with Crippen LogP contribution in [0, 0.1) is 0 Å². The van der Waals surface area contributed by atoms with E-state index in [-0.39, 0.29) is 41.5 Å². The van der Waals surface area contributed by atoms with Crippen molar-refractivity contribution >= 4 is 34.2 Å². The lowest BCUT2D eigenvalue weighted by molar-refractivity contribution is 0.0872. The molecule has 7 nitrogen and oxygen atoms in total. The molecular formula is C14H20ClN3O4S. The van der Waals surface area contributed by atoms with Crippen LogP contribution in [-0.4, -0.2) is 43.2 Å². The van der Waals surface area contributed by atoms with Crippen LogP contribution in [-0.2, 0) is 10.0 Å². The van der Waals surface area contributed by atoms with Gasteiger partial charge in [-0.3, -0.25) is 9.59 Å². The summed E-state index contributed by atoms with van der Waals surface area (Å²) in [6.07, 6.45) is 0. The van der Waals surface area contributed by atoms with E-state index < -0.39 is 27.4 Å². The van der Waals surface area contributed by atoms with Crippen molar-refractivity contribution in [2.45, 2.75) is 31.2 Å². The second-order valence-electron chi connectivity index (χ2n) is 5.73. The van der Waals surface area contributed by atoms with Crippen LogP contribution < -0.4 is 11.1 Å². The van der Waals surface area contributed by atoms with Crippen molar-refractivity contribution in [1.82, 2.24) is 9.62 Å². The molecule has 0 radical (unpaired) electrons. The zero-order valence-corrected chi connectivity index (χ0v) is 14.8. The van der Waals surface area contributed by atoms with Gasteiger partial charge in [-0.1, -0.05) is 0 Å². The van der Waals surface area contributed by atoms with Crippen molar-refractivity contribution in [2.24, 2.45) is 5.73 Å². The maximum atomic E-state index is 12.3. The molecule has 128 valence electrons. The van der Waals surface area contributed by atoms with Crippen molar-refractivity contribution in [3.05, 3.63) is 29.3 Å². The van der Waals surface area contributed by atoms with Crippen LogP contribution in [0.1, 0.15) is 41.5 Å². The summed E-state index contributed by atoms with van der Waals surface area (Å²) in [5, 5.41) is 2.72. The third kappa shape index (κ3) is 3.34. The average molecular weight is 362 g/mol. The summed E-state index contributed by atoms with van der Waals surface area (Å²) in [6, 6.07) is 4.04. The molecule has 0 bridgehead atoms. The molecule has 0 atom stereocenters. The number of fused-ring (bicyclic) bond motifs is 1. The number of carbonyl (C=O) groups excluding carboxylic acids is 2. The molecule has 0 saturated heterocycles. The summed E-state index contributed by atoms with van der Waals surface area (Å²) < 4.78 is 25.4. The third-order valence-electron chi connectivity index (χ3n) is 3.52. The van der Waals surface area contributed by atoms with Gasteiger partial charge < -0.3 is 11.1 Å². The molecule has 3 N–H and O–H groups in total. The van der Waals surface area contributed by atoms with Crippen molar-refractivity contribution in [2.75, 3.05) is 13.1 Å². The van der Waals surface area contributed by atoms with E-state index in [1.807, 2.05) is 0 Å². The Morgan fingerprint density at radius 2 is 1.96 bits per heavy atom. The van der Waals surface area contributed by atoms with Gasteiger partial charge in [-0.25, -0.2) is 12.7 Å². The molecule has 0 saturated carbocycles. The van der Waals surface area contributed by atoms with Crippen molar-refractivity contribution in [3.63, 3.8) is 0 Å². The van der Waals surface area contributed by atoms with E-state index in [0.717, 1.165) is 4.31 Å². The highest BCUT2D eigenvalue weighted by Crippen LogP contribution is 2.30. The van der Waals surface area contributed by atoms with Crippen LogP contribution >= 0.6 is 12.4 Å². The van der Waals surface area contributed by atoms with E-state index in [1.165, 1.54) is 18.2 Å². The molecule has 0 aromatic heterocycles. The number of carbonyl (C=O) groups is 2. The van der Waals surface area contributed by atoms with Gasteiger partial charge in [-0.05, 0) is 39.0 Å². The van der Waals surface area contributed by atoms with Crippen LogP contribution in [0.4, 0.5) is 0 Å². The Morgan fingerprint density at radius 1 is 1.35 bits per heavy atom. The van der Waals surface area contributed by atoms with E-state index in [0.29, 0.717) is 0 Å². The van der Waals surface area contributed by atoms with E-state index in [4.69, 9.17) is 5.73 Å². The van der Waals surface area contributed by atoms with Gasteiger partial charge in [0, 0.05) is 24.2 Å². The van der Waals surface area contributed by atoms with Gasteiger partial charge in [0.05, 0.1) is 5.56 Å². The number of benzene rings is 1. The summed E-state index contributed by atoms with van der Waals surface area (Å²) in [5.41, 5.74) is 5.22. The number of nitrogens with two attached hydrogens (primary N) is 1. The lowest BCUT2D eigenvalue weighted by Gasteiger charge is -2.24. The summed E-state index contributed by atoms with van der Waals surface area (Å²) >= 11 is 0. The topological polar surface area (TPSA) is 110 Å². The number of halogens is 1. The van der Waals surface area contributed by atoms with Gasteiger partial charge in [-0.2, -0.15) is 0 Å². The third-order valence-corrected chi connectivity index (χ3v) is 5.42. The van der Waals surface area contributed by atoms with E-state index in [9.17, 15) is 18.0 Å². The minimum absolute atomic E-state index is 0. The van der Waals surface area contributed by atoms with Crippen molar-refractivity contribution < 1.29 is 18.0 Å². The average Bonchev–Trinajstić information content (AvgIpc) is 2.65. The first kappa shape index (κ1) is 19.4. The molecule has 1 aromatic carbocycles. The van der Waals surface area contributed by atoms with Gasteiger partial charge in [0.1, 0.15) is 4.90 Å². The lowest BCUT2D eigenvalue weighted by Crippen LogP contribution is -2.48. The Kier molecular flexibility index (Phi) is 5.45. The number of hydrogen-bond donors (Lipinski definition) is 2. The molecule has 1 heterocycles. The molecule has 0 spiro atoms. The van der Waals surface area contributed by atoms with Gasteiger partial charge in [0.2, 0.25) is 0 Å². The number of sulfonamides is 1. The molecule has 1 aromatic rings. The Labute approximate surface area is 141 Å². The number of nitrogens with zero attached hydrogens (tertiary/aromatic N) is 1. The normalized spacial score (nSPS) is 15.8. The monoisotopic (exact) mass is 361 g/mol. The number of rotatable bonds is 4. The van der Waals surface area contributed by atoms with Crippen LogP contribution in [0.25, 0.3) is 0 Å². The Hall–Kier alpha value is -1.64. The lowest BCUT2D eigenvalue weighted by atomic mass is 10.0. The van der Waals surface area contributed by atoms with Crippen molar-refractivity contribution in [3.8, 4) is 0 Å². The molecule has 9 heteroatoms. The smallest absolute Gasteiger partial charge is 0.268 e. The number of amides is 2. The fourth-order valence-corrected chi connectivity index (χ4v) is 3.76. The zero-order chi connectivity index (χ0) is 16.7. The first-order valence-electron chi connectivity index (χ1n) is 6.88. The quantitative estimate of drug-likeness (QED) is 0.821. The molecule has 2 rings (SSSR count). The standard InChI is InChI=1S/C14H19N3O4S.ClH/c1-4-17-13(19)10-6-5-9(7-11(10)22(17,20)21)12(18)16-14(2,3)8-15;/h5-7H,4,8,15H2,1-3H3,(H,16,18);1H. The molecule has 23 heavy (non-hydrogen) atoms. The Balaban J connectivity index is 0.00000264. The maximum Gasteiger partial charge on any atom is 0.268 e. The van der Waals surface area contributed by atoms with Crippen LogP contribution in [0.2, 0.25) is 0 Å². The van der Waals surface area contributed by atoms with Gasteiger partial charge in [0.15, 0.2) is 0 Å². The summed E-state index contributed by atoms with van der Waals surface area (Å²) in [7, 11) is -3.87. The molecule has 1 aliphatic heterocycles. The minimum atomic E-state index is -3.87. The van der Waals surface area contributed by atoms with E-state index >= 15 is 0 Å². The highest BCUT2D eigenvalue weighted by Gasteiger charge is 2.40. The summed E-state index contributed by atoms with van der Waals surface area (Å²) in [6.45, 7) is 5.40. The van der Waals surface area contributed by atoms with Crippen LogP contribution in [0.5, 0.6) is 0 Å². The summed E-state index contributed by atoms with van der Waals surface area (Å²) in [4.78, 5) is 24.1. The van der Waals surface area contributed by atoms with E-state index in [2.05, 4.69) is 5.32 Å². The summed E-state index contributed by atoms with van der Waals surface area (Å²) in [5.74, 6) is -0.998. The highest BCUT2D eigenvalue weighted by atomic mass is 35.5. The van der Waals surface area contributed by atoms with Gasteiger partial charge in [0.25, 0.3) is 21.8 Å².